The van der Waals surface area contributed by atoms with Gasteiger partial charge in [0.15, 0.2) is 11.4 Å². The third kappa shape index (κ3) is 5.39. The smallest absolute Gasteiger partial charge is 0.353 e. The standard InChI is InChI=1S/C37H30N2O8/c1-21-12-14-24(15-13-21)34-27(16-17-37(43)29-10-6-4-8-25(29)26-9-5-7-11-30(26)37)28-19-39(36(42)38-35(28)47-34)33-18-31(45-23(3)41)32(46-33)20-44-22(2)40/h4-15,19,31-33,43H,18,20H2,1-3H3/t31-,32+,33+/m0/s1. The van der Waals surface area contributed by atoms with Crippen LogP contribution in [0.2, 0.25) is 0 Å². The minimum Gasteiger partial charge on any atom is -0.463 e. The van der Waals surface area contributed by atoms with E-state index in [4.69, 9.17) is 18.6 Å². The third-order valence-electron chi connectivity index (χ3n) is 8.48. The molecule has 2 aliphatic rings. The van der Waals surface area contributed by atoms with Gasteiger partial charge in [0.1, 0.15) is 25.0 Å². The second-order valence-corrected chi connectivity index (χ2v) is 11.7. The lowest BCUT2D eigenvalue weighted by atomic mass is 9.91. The zero-order valence-corrected chi connectivity index (χ0v) is 25.9. The Balaban J connectivity index is 1.37. The average molecular weight is 631 g/mol. The molecule has 0 spiro atoms. The Kier molecular flexibility index (Phi) is 7.51. The Bertz CT molecular complexity index is 2120. The number of furan rings is 1. The molecule has 5 aromatic rings. The van der Waals surface area contributed by atoms with Crippen LogP contribution in [0.1, 0.15) is 48.8 Å². The number of carbonyl (C=O) groups excluding carboxylic acids is 2. The lowest BCUT2D eigenvalue weighted by Crippen LogP contribution is -2.31. The number of rotatable bonds is 5. The minimum atomic E-state index is -1.61. The lowest BCUT2D eigenvalue weighted by Gasteiger charge is -2.19. The van der Waals surface area contributed by atoms with Crippen molar-refractivity contribution in [2.24, 2.45) is 0 Å². The fourth-order valence-corrected chi connectivity index (χ4v) is 6.27. The number of benzene rings is 3. The van der Waals surface area contributed by atoms with E-state index in [0.29, 0.717) is 33.4 Å². The van der Waals surface area contributed by atoms with Gasteiger partial charge in [-0.05, 0) is 18.1 Å². The summed E-state index contributed by atoms with van der Waals surface area (Å²) < 4.78 is 24.1. The van der Waals surface area contributed by atoms with Gasteiger partial charge in [0.05, 0.1) is 10.9 Å². The number of aliphatic hydroxyl groups is 1. The Hall–Kier alpha value is -5.50. The molecule has 1 aliphatic carbocycles. The molecule has 3 aromatic carbocycles. The fraction of sp³-hybridized carbons (Fsp3) is 0.243. The van der Waals surface area contributed by atoms with Crippen LogP contribution in [-0.2, 0) is 29.4 Å². The first-order chi connectivity index (χ1) is 22.6. The topological polar surface area (TPSA) is 130 Å². The molecule has 47 heavy (non-hydrogen) atoms. The molecule has 1 fully saturated rings. The van der Waals surface area contributed by atoms with Crippen molar-refractivity contribution in [1.29, 1.82) is 0 Å². The number of hydrogen-bond donors (Lipinski definition) is 1. The predicted octanol–water partition coefficient (Wildman–Crippen LogP) is 5.02. The van der Waals surface area contributed by atoms with Crippen molar-refractivity contribution >= 4 is 23.0 Å². The van der Waals surface area contributed by atoms with Gasteiger partial charge in [0.25, 0.3) is 0 Å². The van der Waals surface area contributed by atoms with Crippen LogP contribution < -0.4 is 5.69 Å². The molecular weight excluding hydrogens is 600 g/mol. The van der Waals surface area contributed by atoms with E-state index in [2.05, 4.69) is 16.8 Å². The number of hydrogen-bond acceptors (Lipinski definition) is 9. The van der Waals surface area contributed by atoms with Gasteiger partial charge in [-0.1, -0.05) is 90.2 Å². The van der Waals surface area contributed by atoms with E-state index in [-0.39, 0.29) is 18.7 Å². The summed E-state index contributed by atoms with van der Waals surface area (Å²) in [6, 6.07) is 22.9. The van der Waals surface area contributed by atoms with Crippen molar-refractivity contribution in [1.82, 2.24) is 9.55 Å². The Morgan fingerprint density at radius 1 is 1.00 bits per heavy atom. The highest BCUT2D eigenvalue weighted by atomic mass is 16.6. The normalized spacial score (nSPS) is 19.0. The molecule has 2 aromatic heterocycles. The number of ether oxygens (including phenoxy) is 3. The molecule has 3 atom stereocenters. The van der Waals surface area contributed by atoms with Crippen molar-refractivity contribution in [3.05, 3.63) is 112 Å². The summed E-state index contributed by atoms with van der Waals surface area (Å²) in [7, 11) is 0. The predicted molar refractivity (Wildman–Crippen MR) is 171 cm³/mol. The molecule has 0 amide bonds. The number of aromatic nitrogens is 2. The SMILES string of the molecule is CC(=O)OC[C@H]1O[C@@H](n2cc3c(C#CC4(O)c5ccccc5-c5ccccc54)c(-c4ccc(C)cc4)oc3nc2=O)C[C@@H]1OC(C)=O. The van der Waals surface area contributed by atoms with Crippen LogP contribution in [0.25, 0.3) is 33.6 Å². The molecule has 3 heterocycles. The van der Waals surface area contributed by atoms with Gasteiger partial charge in [-0.15, -0.1) is 0 Å². The zero-order chi connectivity index (χ0) is 32.9. The molecule has 1 aliphatic heterocycles. The maximum Gasteiger partial charge on any atom is 0.353 e. The number of aryl methyl sites for hydroxylation is 1. The molecule has 7 rings (SSSR count). The largest absolute Gasteiger partial charge is 0.463 e. The quantitative estimate of drug-likeness (QED) is 0.210. The maximum atomic E-state index is 13.4. The maximum absolute atomic E-state index is 13.4. The van der Waals surface area contributed by atoms with Gasteiger partial charge in [-0.3, -0.25) is 14.2 Å². The molecule has 10 nitrogen and oxygen atoms in total. The van der Waals surface area contributed by atoms with Gasteiger partial charge < -0.3 is 23.7 Å². The van der Waals surface area contributed by atoms with E-state index in [1.165, 1.54) is 18.4 Å². The second-order valence-electron chi connectivity index (χ2n) is 11.7. The number of nitrogens with zero attached hydrogens (tertiary/aromatic N) is 2. The van der Waals surface area contributed by atoms with E-state index >= 15 is 0 Å². The highest BCUT2D eigenvalue weighted by Crippen LogP contribution is 2.47. The molecule has 1 N–H and O–H groups in total. The van der Waals surface area contributed by atoms with Gasteiger partial charge in [-0.25, -0.2) is 4.79 Å². The van der Waals surface area contributed by atoms with E-state index in [9.17, 15) is 19.5 Å². The molecule has 0 unspecified atom stereocenters. The van der Waals surface area contributed by atoms with Crippen LogP contribution in [0.5, 0.6) is 0 Å². The number of fused-ring (bicyclic) bond motifs is 4. The Morgan fingerprint density at radius 2 is 1.66 bits per heavy atom. The summed E-state index contributed by atoms with van der Waals surface area (Å²) in [6.07, 6.45) is -0.766. The van der Waals surface area contributed by atoms with Crippen LogP contribution >= 0.6 is 0 Å². The van der Waals surface area contributed by atoms with Crippen LogP contribution in [0, 0.1) is 18.8 Å². The van der Waals surface area contributed by atoms with Crippen molar-refractivity contribution in [3.8, 4) is 34.3 Å². The second kappa shape index (κ2) is 11.7. The first-order valence-corrected chi connectivity index (χ1v) is 15.2. The molecule has 0 bridgehead atoms. The molecule has 10 heteroatoms. The van der Waals surface area contributed by atoms with Crippen molar-refractivity contribution in [3.63, 3.8) is 0 Å². The lowest BCUT2D eigenvalue weighted by molar-refractivity contribution is -0.155. The van der Waals surface area contributed by atoms with E-state index in [0.717, 1.165) is 16.7 Å². The minimum absolute atomic E-state index is 0.0660. The molecule has 236 valence electrons. The van der Waals surface area contributed by atoms with Gasteiger partial charge >= 0.3 is 17.6 Å². The van der Waals surface area contributed by atoms with Gasteiger partial charge in [0, 0.05) is 43.2 Å². The molecule has 0 radical (unpaired) electrons. The van der Waals surface area contributed by atoms with Crippen LogP contribution in [-0.4, -0.2) is 45.4 Å². The van der Waals surface area contributed by atoms with Crippen molar-refractivity contribution < 1.29 is 33.3 Å². The van der Waals surface area contributed by atoms with Crippen LogP contribution in [0.3, 0.4) is 0 Å². The summed E-state index contributed by atoms with van der Waals surface area (Å²) in [5, 5.41) is 12.6. The summed E-state index contributed by atoms with van der Waals surface area (Å²) >= 11 is 0. The highest BCUT2D eigenvalue weighted by Gasteiger charge is 2.41. The highest BCUT2D eigenvalue weighted by molar-refractivity contribution is 5.89. The van der Waals surface area contributed by atoms with E-state index in [1.54, 1.807) is 6.20 Å². The van der Waals surface area contributed by atoms with Crippen molar-refractivity contribution in [2.75, 3.05) is 6.61 Å². The third-order valence-corrected chi connectivity index (χ3v) is 8.48. The first-order valence-electron chi connectivity index (χ1n) is 15.2. The van der Waals surface area contributed by atoms with Crippen LogP contribution in [0.15, 0.2) is 88.2 Å². The zero-order valence-electron chi connectivity index (χ0n) is 25.9. The molecular formula is C37H30N2O8. The fourth-order valence-electron chi connectivity index (χ4n) is 6.27. The van der Waals surface area contributed by atoms with Gasteiger partial charge in [-0.2, -0.15) is 4.98 Å². The summed E-state index contributed by atoms with van der Waals surface area (Å²) in [5.41, 5.74) is 3.12. The van der Waals surface area contributed by atoms with Crippen molar-refractivity contribution in [2.45, 2.75) is 51.2 Å². The van der Waals surface area contributed by atoms with E-state index in [1.807, 2.05) is 79.7 Å². The Labute approximate surface area is 269 Å². The monoisotopic (exact) mass is 630 g/mol. The summed E-state index contributed by atoms with van der Waals surface area (Å²) in [4.78, 5) is 40.9. The Morgan fingerprint density at radius 3 is 2.30 bits per heavy atom. The summed E-state index contributed by atoms with van der Waals surface area (Å²) in [6.45, 7) is 4.35. The summed E-state index contributed by atoms with van der Waals surface area (Å²) in [5.74, 6) is 5.70. The first kappa shape index (κ1) is 30.2. The number of esters is 2. The van der Waals surface area contributed by atoms with Gasteiger partial charge in [0.2, 0.25) is 5.71 Å². The molecule has 1 saturated heterocycles. The number of carbonyl (C=O) groups is 2. The molecule has 0 saturated carbocycles. The average Bonchev–Trinajstić information content (AvgIpc) is 3.69. The van der Waals surface area contributed by atoms with Crippen LogP contribution in [0.4, 0.5) is 0 Å². The van der Waals surface area contributed by atoms with E-state index < -0.39 is 41.7 Å².